The largest absolute Gasteiger partial charge is 0.385 e. The second-order valence-electron chi connectivity index (χ2n) is 2.90. The van der Waals surface area contributed by atoms with Crippen LogP contribution in [0.3, 0.4) is 0 Å². The molecule has 13 heavy (non-hydrogen) atoms. The Kier molecular flexibility index (Phi) is 6.54. The summed E-state index contributed by atoms with van der Waals surface area (Å²) >= 11 is 0. The van der Waals surface area contributed by atoms with Crippen LogP contribution in [-0.4, -0.2) is 43.7 Å². The van der Waals surface area contributed by atoms with Crippen molar-refractivity contribution < 1.29 is 9.53 Å². The number of nitrogens with zero attached hydrogens (tertiary/aromatic N) is 1. The van der Waals surface area contributed by atoms with Crippen molar-refractivity contribution in [1.29, 1.82) is 0 Å². The van der Waals surface area contributed by atoms with E-state index in [1.54, 1.807) is 12.0 Å². The van der Waals surface area contributed by atoms with Crippen LogP contribution in [0.25, 0.3) is 0 Å². The zero-order valence-corrected chi connectivity index (χ0v) is 8.75. The molecule has 0 rings (SSSR count). The molecule has 0 aromatic rings. The van der Waals surface area contributed by atoms with Gasteiger partial charge in [0.05, 0.1) is 6.04 Å². The van der Waals surface area contributed by atoms with Gasteiger partial charge in [-0.2, -0.15) is 0 Å². The first-order chi connectivity index (χ1) is 6.17. The minimum Gasteiger partial charge on any atom is -0.385 e. The number of ether oxygens (including phenoxy) is 1. The summed E-state index contributed by atoms with van der Waals surface area (Å²) in [5.41, 5.74) is 5.68. The minimum atomic E-state index is -0.417. The molecule has 0 aliphatic heterocycles. The van der Waals surface area contributed by atoms with E-state index in [9.17, 15) is 4.79 Å². The lowest BCUT2D eigenvalue weighted by atomic mass is 10.2. The van der Waals surface area contributed by atoms with Gasteiger partial charge < -0.3 is 15.4 Å². The molecule has 1 amide bonds. The molecule has 0 aromatic heterocycles. The van der Waals surface area contributed by atoms with Gasteiger partial charge in [0.25, 0.3) is 0 Å². The van der Waals surface area contributed by atoms with Crippen LogP contribution in [0, 0.1) is 0 Å². The van der Waals surface area contributed by atoms with Gasteiger partial charge in [0.2, 0.25) is 5.91 Å². The SMILES string of the molecule is CCN(CC)C(=O)C(N)CCOC. The Morgan fingerprint density at radius 2 is 2.00 bits per heavy atom. The average molecular weight is 188 g/mol. The Morgan fingerprint density at radius 1 is 1.46 bits per heavy atom. The fraction of sp³-hybridized carbons (Fsp3) is 0.889. The fourth-order valence-corrected chi connectivity index (χ4v) is 1.14. The quantitative estimate of drug-likeness (QED) is 0.648. The van der Waals surface area contributed by atoms with Crippen molar-refractivity contribution in [3.05, 3.63) is 0 Å². The third kappa shape index (κ3) is 4.24. The first kappa shape index (κ1) is 12.4. The van der Waals surface area contributed by atoms with Gasteiger partial charge in [0.1, 0.15) is 0 Å². The summed E-state index contributed by atoms with van der Waals surface area (Å²) in [4.78, 5) is 13.3. The number of methoxy groups -OCH3 is 1. The van der Waals surface area contributed by atoms with Gasteiger partial charge in [0.15, 0.2) is 0 Å². The monoisotopic (exact) mass is 188 g/mol. The summed E-state index contributed by atoms with van der Waals surface area (Å²) in [6.07, 6.45) is 0.589. The van der Waals surface area contributed by atoms with E-state index in [2.05, 4.69) is 0 Å². The maximum Gasteiger partial charge on any atom is 0.239 e. The van der Waals surface area contributed by atoms with Gasteiger partial charge in [0, 0.05) is 26.8 Å². The first-order valence-electron chi connectivity index (χ1n) is 4.70. The summed E-state index contributed by atoms with van der Waals surface area (Å²) in [5, 5.41) is 0. The van der Waals surface area contributed by atoms with Crippen LogP contribution in [0.15, 0.2) is 0 Å². The van der Waals surface area contributed by atoms with E-state index in [-0.39, 0.29) is 5.91 Å². The topological polar surface area (TPSA) is 55.6 Å². The van der Waals surface area contributed by atoms with Crippen LogP contribution in [0.2, 0.25) is 0 Å². The molecule has 0 saturated carbocycles. The summed E-state index contributed by atoms with van der Waals surface area (Å²) < 4.78 is 4.86. The summed E-state index contributed by atoms with van der Waals surface area (Å²) in [5.74, 6) is 0.0158. The number of amides is 1. The van der Waals surface area contributed by atoms with Crippen LogP contribution in [0.5, 0.6) is 0 Å². The van der Waals surface area contributed by atoms with Gasteiger partial charge in [-0.15, -0.1) is 0 Å². The highest BCUT2D eigenvalue weighted by molar-refractivity contribution is 5.81. The van der Waals surface area contributed by atoms with Gasteiger partial charge in [-0.3, -0.25) is 4.79 Å². The normalized spacial score (nSPS) is 12.6. The van der Waals surface area contributed by atoms with Crippen molar-refractivity contribution >= 4 is 5.91 Å². The zero-order valence-electron chi connectivity index (χ0n) is 8.75. The van der Waals surface area contributed by atoms with E-state index >= 15 is 0 Å². The molecule has 0 saturated heterocycles. The molecule has 1 unspecified atom stereocenters. The molecule has 0 aromatic carbocycles. The second-order valence-corrected chi connectivity index (χ2v) is 2.90. The Hall–Kier alpha value is -0.610. The molecular weight excluding hydrogens is 168 g/mol. The predicted octanol–water partition coefficient (Wildman–Crippen LogP) is 0.219. The lowest BCUT2D eigenvalue weighted by Gasteiger charge is -2.22. The smallest absolute Gasteiger partial charge is 0.239 e. The van der Waals surface area contributed by atoms with E-state index < -0.39 is 6.04 Å². The molecule has 0 spiro atoms. The van der Waals surface area contributed by atoms with E-state index in [1.807, 2.05) is 13.8 Å². The van der Waals surface area contributed by atoms with Crippen molar-refractivity contribution in [1.82, 2.24) is 4.90 Å². The van der Waals surface area contributed by atoms with Crippen LogP contribution in [-0.2, 0) is 9.53 Å². The highest BCUT2D eigenvalue weighted by Crippen LogP contribution is 1.97. The van der Waals surface area contributed by atoms with E-state index in [0.717, 1.165) is 13.1 Å². The van der Waals surface area contributed by atoms with E-state index in [4.69, 9.17) is 10.5 Å². The number of carbonyl (C=O) groups is 1. The molecule has 0 aliphatic rings. The lowest BCUT2D eigenvalue weighted by Crippen LogP contribution is -2.44. The van der Waals surface area contributed by atoms with Crippen molar-refractivity contribution in [2.24, 2.45) is 5.73 Å². The third-order valence-corrected chi connectivity index (χ3v) is 2.03. The molecule has 0 aliphatic carbocycles. The molecule has 0 fully saturated rings. The molecule has 4 heteroatoms. The maximum atomic E-state index is 11.6. The molecule has 0 heterocycles. The Labute approximate surface area is 80.0 Å². The van der Waals surface area contributed by atoms with Crippen LogP contribution in [0.4, 0.5) is 0 Å². The highest BCUT2D eigenvalue weighted by atomic mass is 16.5. The van der Waals surface area contributed by atoms with Gasteiger partial charge in [-0.1, -0.05) is 0 Å². The first-order valence-corrected chi connectivity index (χ1v) is 4.70. The number of hydrogen-bond donors (Lipinski definition) is 1. The molecule has 78 valence electrons. The summed E-state index contributed by atoms with van der Waals surface area (Å²) in [7, 11) is 1.61. The van der Waals surface area contributed by atoms with Crippen molar-refractivity contribution in [2.45, 2.75) is 26.3 Å². The number of nitrogens with two attached hydrogens (primary N) is 1. The van der Waals surface area contributed by atoms with Gasteiger partial charge in [-0.05, 0) is 20.3 Å². The van der Waals surface area contributed by atoms with Crippen molar-refractivity contribution in [3.8, 4) is 0 Å². The molecular formula is C9H20N2O2. The van der Waals surface area contributed by atoms with Crippen molar-refractivity contribution in [2.75, 3.05) is 26.8 Å². The lowest BCUT2D eigenvalue weighted by molar-refractivity contribution is -0.132. The minimum absolute atomic E-state index is 0.0158. The molecule has 0 radical (unpaired) electrons. The Morgan fingerprint density at radius 3 is 2.38 bits per heavy atom. The van der Waals surface area contributed by atoms with Crippen molar-refractivity contribution in [3.63, 3.8) is 0 Å². The van der Waals surface area contributed by atoms with E-state index in [1.165, 1.54) is 0 Å². The van der Waals surface area contributed by atoms with Crippen LogP contribution in [0.1, 0.15) is 20.3 Å². The number of hydrogen-bond acceptors (Lipinski definition) is 3. The number of rotatable bonds is 6. The highest BCUT2D eigenvalue weighted by Gasteiger charge is 2.17. The summed E-state index contributed by atoms with van der Waals surface area (Å²) in [6.45, 7) is 5.87. The molecule has 2 N–H and O–H groups in total. The van der Waals surface area contributed by atoms with E-state index in [0.29, 0.717) is 13.0 Å². The molecule has 0 bridgehead atoms. The fourth-order valence-electron chi connectivity index (χ4n) is 1.14. The average Bonchev–Trinajstić information content (AvgIpc) is 2.15. The Bertz CT molecular complexity index is 147. The number of carbonyl (C=O) groups excluding carboxylic acids is 1. The van der Waals surface area contributed by atoms with Gasteiger partial charge in [-0.25, -0.2) is 0 Å². The van der Waals surface area contributed by atoms with Crippen LogP contribution < -0.4 is 5.73 Å². The third-order valence-electron chi connectivity index (χ3n) is 2.03. The number of likely N-dealkylation sites (N-methyl/N-ethyl adjacent to an activating group) is 1. The van der Waals surface area contributed by atoms with Gasteiger partial charge >= 0.3 is 0 Å². The van der Waals surface area contributed by atoms with Crippen LogP contribution >= 0.6 is 0 Å². The molecule has 4 nitrogen and oxygen atoms in total. The second kappa shape index (κ2) is 6.86. The maximum absolute atomic E-state index is 11.6. The zero-order chi connectivity index (χ0) is 10.3. The summed E-state index contributed by atoms with van der Waals surface area (Å²) in [6, 6.07) is -0.417. The standard InChI is InChI=1S/C9H20N2O2/c1-4-11(5-2)9(12)8(10)6-7-13-3/h8H,4-7,10H2,1-3H3. The molecule has 1 atom stereocenters. The Balaban J connectivity index is 3.92. The predicted molar refractivity (Wildman–Crippen MR) is 52.4 cm³/mol.